The second-order valence-electron chi connectivity index (χ2n) is 3.05. The van der Waals surface area contributed by atoms with E-state index in [4.69, 9.17) is 17.1 Å². The van der Waals surface area contributed by atoms with Gasteiger partial charge >= 0.3 is 6.21 Å². The average molecular weight is 304 g/mol. The van der Waals surface area contributed by atoms with E-state index < -0.39 is 17.3 Å². The number of aliphatic hydroxyl groups excluding tert-OH is 1. The van der Waals surface area contributed by atoms with Crippen molar-refractivity contribution in [1.29, 1.82) is 0 Å². The lowest BCUT2D eigenvalue weighted by molar-refractivity contribution is -0.123. The van der Waals surface area contributed by atoms with E-state index in [0.717, 1.165) is 4.47 Å². The molecule has 0 heterocycles. The van der Waals surface area contributed by atoms with Gasteiger partial charge in [-0.2, -0.15) is 4.79 Å². The summed E-state index contributed by atoms with van der Waals surface area (Å²) >= 11 is 9.17. The van der Waals surface area contributed by atoms with Crippen molar-refractivity contribution in [2.45, 2.75) is 11.5 Å². The number of carbonyl (C=O) groups is 1. The number of benzene rings is 1. The van der Waals surface area contributed by atoms with Crippen molar-refractivity contribution in [3.05, 3.63) is 39.8 Å². The zero-order valence-electron chi connectivity index (χ0n) is 8.05. The van der Waals surface area contributed by atoms with E-state index in [0.29, 0.717) is 11.8 Å². The molecular weight excluding hydrogens is 295 g/mol. The highest BCUT2D eigenvalue weighted by Crippen LogP contribution is 2.25. The Bertz CT molecular complexity index is 429. The normalized spacial score (nSPS) is 13.7. The lowest BCUT2D eigenvalue weighted by Crippen LogP contribution is -2.26. The fourth-order valence-electron chi connectivity index (χ4n) is 1.11. The summed E-state index contributed by atoms with van der Waals surface area (Å²) in [5, 5.41) is 8.67. The molecule has 0 aliphatic rings. The Labute approximate surface area is 106 Å². The maximum absolute atomic E-state index is 11.2. The smallest absolute Gasteiger partial charge is 0.325 e. The Morgan fingerprint density at radius 3 is 2.56 bits per heavy atom. The molecular formula is C10H8BrClN2O2. The molecule has 0 radical (unpaired) electrons. The van der Waals surface area contributed by atoms with Crippen LogP contribution in [0.3, 0.4) is 0 Å². The second-order valence-corrected chi connectivity index (χ2v) is 4.43. The summed E-state index contributed by atoms with van der Waals surface area (Å²) in [7, 11) is 0. The highest BCUT2D eigenvalue weighted by atomic mass is 79.9. The summed E-state index contributed by atoms with van der Waals surface area (Å²) in [5.41, 5.74) is 8.77. The molecule has 0 amide bonds. The summed E-state index contributed by atoms with van der Waals surface area (Å²) in [5.74, 6) is -0.745. The fraction of sp³-hybridized carbons (Fsp3) is 0.200. The minimum atomic E-state index is -1.43. The van der Waals surface area contributed by atoms with Crippen molar-refractivity contribution >= 4 is 39.5 Å². The second kappa shape index (κ2) is 5.92. The quantitative estimate of drug-likeness (QED) is 0.399. The molecule has 2 atom stereocenters. The third kappa shape index (κ3) is 3.25. The van der Waals surface area contributed by atoms with Crippen LogP contribution in [0.5, 0.6) is 0 Å². The van der Waals surface area contributed by atoms with E-state index in [2.05, 4.69) is 20.7 Å². The molecule has 4 nitrogen and oxygen atoms in total. The van der Waals surface area contributed by atoms with Gasteiger partial charge in [0.05, 0.1) is 5.38 Å². The van der Waals surface area contributed by atoms with Gasteiger partial charge in [-0.25, -0.2) is 0 Å². The topological polar surface area (TPSA) is 73.7 Å². The molecule has 0 aliphatic heterocycles. The van der Waals surface area contributed by atoms with Crippen molar-refractivity contribution in [3.8, 4) is 0 Å². The Balaban J connectivity index is 2.85. The van der Waals surface area contributed by atoms with Crippen LogP contribution in [0.25, 0.3) is 5.53 Å². The van der Waals surface area contributed by atoms with Crippen LogP contribution in [0.15, 0.2) is 28.7 Å². The summed E-state index contributed by atoms with van der Waals surface area (Å²) in [4.78, 5) is 13.7. The molecule has 84 valence electrons. The van der Waals surface area contributed by atoms with E-state index in [9.17, 15) is 9.90 Å². The van der Waals surface area contributed by atoms with Crippen LogP contribution in [0.2, 0.25) is 0 Å². The fourth-order valence-corrected chi connectivity index (χ4v) is 1.64. The molecule has 0 aromatic heterocycles. The number of rotatable bonds is 4. The van der Waals surface area contributed by atoms with Gasteiger partial charge in [0.15, 0.2) is 0 Å². The van der Waals surface area contributed by atoms with Gasteiger partial charge in [0.25, 0.3) is 5.78 Å². The van der Waals surface area contributed by atoms with Crippen LogP contribution in [-0.4, -0.2) is 28.0 Å². The van der Waals surface area contributed by atoms with Crippen molar-refractivity contribution in [2.75, 3.05) is 0 Å². The summed E-state index contributed by atoms with van der Waals surface area (Å²) < 4.78 is 0.873. The van der Waals surface area contributed by atoms with Gasteiger partial charge in [-0.3, -0.25) is 4.79 Å². The third-order valence-corrected chi connectivity index (χ3v) is 2.96. The summed E-state index contributed by atoms with van der Waals surface area (Å²) in [6, 6.07) is 6.88. The SMILES string of the molecule is [N-]=[N+]=CC(=O)[C@H](O)[C@@H](Cl)c1ccc(Br)cc1. The molecule has 0 aliphatic carbocycles. The third-order valence-electron chi connectivity index (χ3n) is 1.94. The van der Waals surface area contributed by atoms with Gasteiger partial charge in [0.2, 0.25) is 0 Å². The van der Waals surface area contributed by atoms with Crippen LogP contribution in [-0.2, 0) is 4.79 Å². The Morgan fingerprint density at radius 1 is 1.50 bits per heavy atom. The van der Waals surface area contributed by atoms with Gasteiger partial charge in [0.1, 0.15) is 6.10 Å². The molecule has 1 N–H and O–H groups in total. The zero-order chi connectivity index (χ0) is 12.1. The first-order chi connectivity index (χ1) is 7.56. The number of hydrogen-bond acceptors (Lipinski definition) is 2. The number of Topliss-reactive ketones (excluding diaryl/α,β-unsaturated/α-hetero) is 1. The maximum Gasteiger partial charge on any atom is 0.325 e. The molecule has 1 aromatic rings. The Kier molecular flexibility index (Phi) is 4.83. The zero-order valence-corrected chi connectivity index (χ0v) is 10.4. The molecule has 1 aromatic carbocycles. The predicted molar refractivity (Wildman–Crippen MR) is 63.4 cm³/mol. The van der Waals surface area contributed by atoms with E-state index in [-0.39, 0.29) is 0 Å². The van der Waals surface area contributed by atoms with Crippen molar-refractivity contribution in [1.82, 2.24) is 0 Å². The number of aliphatic hydroxyl groups is 1. The molecule has 0 spiro atoms. The van der Waals surface area contributed by atoms with Crippen LogP contribution >= 0.6 is 27.5 Å². The van der Waals surface area contributed by atoms with E-state index in [1.807, 2.05) is 0 Å². The van der Waals surface area contributed by atoms with Crippen LogP contribution in [0, 0.1) is 0 Å². The number of carbonyl (C=O) groups excluding carboxylic acids is 1. The molecule has 6 heteroatoms. The number of halogens is 2. The van der Waals surface area contributed by atoms with Crippen LogP contribution in [0.1, 0.15) is 10.9 Å². The molecule has 0 bridgehead atoms. The van der Waals surface area contributed by atoms with Crippen molar-refractivity contribution in [2.24, 2.45) is 0 Å². The molecule has 16 heavy (non-hydrogen) atoms. The van der Waals surface area contributed by atoms with Gasteiger partial charge < -0.3 is 10.6 Å². The number of hydrogen-bond donors (Lipinski definition) is 1. The number of ketones is 1. The molecule has 0 fully saturated rings. The van der Waals surface area contributed by atoms with Gasteiger partial charge in [-0.05, 0) is 17.7 Å². The largest absolute Gasteiger partial charge is 0.383 e. The first-order valence-electron chi connectivity index (χ1n) is 4.35. The molecule has 0 saturated carbocycles. The average Bonchev–Trinajstić information content (AvgIpc) is 2.28. The summed E-state index contributed by atoms with van der Waals surface area (Å²) in [6.45, 7) is 0. The van der Waals surface area contributed by atoms with E-state index >= 15 is 0 Å². The van der Waals surface area contributed by atoms with Crippen LogP contribution in [0.4, 0.5) is 0 Å². The predicted octanol–water partition coefficient (Wildman–Crippen LogP) is 1.96. The highest BCUT2D eigenvalue weighted by Gasteiger charge is 2.26. The van der Waals surface area contributed by atoms with Crippen LogP contribution < -0.4 is 0 Å². The Hall–Kier alpha value is -1.000. The van der Waals surface area contributed by atoms with Crippen molar-refractivity contribution < 1.29 is 14.7 Å². The maximum atomic E-state index is 11.2. The number of alkyl halides is 1. The Morgan fingerprint density at radius 2 is 2.06 bits per heavy atom. The van der Waals surface area contributed by atoms with Crippen molar-refractivity contribution in [3.63, 3.8) is 0 Å². The van der Waals surface area contributed by atoms with Gasteiger partial charge in [0, 0.05) is 4.47 Å². The lowest BCUT2D eigenvalue weighted by atomic mass is 10.0. The lowest BCUT2D eigenvalue weighted by Gasteiger charge is -2.13. The minimum Gasteiger partial charge on any atom is -0.383 e. The standard InChI is InChI=1S/C10H8BrClN2O2/c11-7-3-1-6(2-4-7)9(12)10(16)8(15)5-14-13/h1-5,9-10,16H/t9-,10-/m0/s1. The highest BCUT2D eigenvalue weighted by molar-refractivity contribution is 9.10. The van der Waals surface area contributed by atoms with Gasteiger partial charge in [-0.1, -0.05) is 28.1 Å². The minimum absolute atomic E-state index is 0.608. The molecule has 0 saturated heterocycles. The first kappa shape index (κ1) is 13.1. The number of nitrogens with zero attached hydrogens (tertiary/aromatic N) is 2. The first-order valence-corrected chi connectivity index (χ1v) is 5.58. The summed E-state index contributed by atoms with van der Waals surface area (Å²) in [6.07, 6.45) is -0.808. The molecule has 1 rings (SSSR count). The van der Waals surface area contributed by atoms with E-state index in [1.165, 1.54) is 0 Å². The monoisotopic (exact) mass is 302 g/mol. The van der Waals surface area contributed by atoms with E-state index in [1.54, 1.807) is 24.3 Å². The molecule has 0 unspecified atom stereocenters. The van der Waals surface area contributed by atoms with Gasteiger partial charge in [-0.15, -0.1) is 11.6 Å².